The van der Waals surface area contributed by atoms with Crippen molar-refractivity contribution in [2.75, 3.05) is 13.1 Å². The zero-order chi connectivity index (χ0) is 13.5. The molecule has 1 heterocycles. The van der Waals surface area contributed by atoms with E-state index in [4.69, 9.17) is 0 Å². The molecule has 0 N–H and O–H groups in total. The monoisotopic (exact) mass is 260 g/mol. The lowest BCUT2D eigenvalue weighted by atomic mass is 9.86. The minimum absolute atomic E-state index is 0.312. The Morgan fingerprint density at radius 1 is 1.32 bits per heavy atom. The van der Waals surface area contributed by atoms with Crippen molar-refractivity contribution in [1.29, 1.82) is 0 Å². The van der Waals surface area contributed by atoms with Crippen LogP contribution in [0.4, 0.5) is 0 Å². The standard InChI is InChI=1S/C16H24N2O/c1-2-18(12-15-10-6-7-11-17-15)13-16(19)14-8-4-3-5-9-14/h6-7,10-11,14H,2-5,8-9,12-13H2,1H3. The van der Waals surface area contributed by atoms with Gasteiger partial charge < -0.3 is 0 Å². The number of aromatic nitrogens is 1. The van der Waals surface area contributed by atoms with E-state index in [0.717, 1.165) is 31.6 Å². The minimum Gasteiger partial charge on any atom is -0.298 e. The van der Waals surface area contributed by atoms with Crippen molar-refractivity contribution in [3.8, 4) is 0 Å². The van der Waals surface area contributed by atoms with Crippen LogP contribution < -0.4 is 0 Å². The largest absolute Gasteiger partial charge is 0.298 e. The van der Waals surface area contributed by atoms with Crippen molar-refractivity contribution < 1.29 is 4.79 Å². The van der Waals surface area contributed by atoms with Crippen LogP contribution in [-0.4, -0.2) is 28.8 Å². The molecule has 1 fully saturated rings. The Labute approximate surface area is 116 Å². The molecular weight excluding hydrogens is 236 g/mol. The maximum absolute atomic E-state index is 12.3. The summed E-state index contributed by atoms with van der Waals surface area (Å²) in [6.45, 7) is 4.36. The van der Waals surface area contributed by atoms with E-state index in [-0.39, 0.29) is 0 Å². The van der Waals surface area contributed by atoms with E-state index in [1.165, 1.54) is 19.3 Å². The molecule has 0 aromatic carbocycles. The Bertz CT molecular complexity index is 385. The predicted octanol–water partition coefficient (Wildman–Crippen LogP) is 3.05. The zero-order valence-electron chi connectivity index (χ0n) is 11.8. The lowest BCUT2D eigenvalue weighted by Gasteiger charge is -2.25. The first kappa shape index (κ1) is 14.2. The Morgan fingerprint density at radius 3 is 2.74 bits per heavy atom. The highest BCUT2D eigenvalue weighted by molar-refractivity contribution is 5.83. The lowest BCUT2D eigenvalue weighted by molar-refractivity contribution is -0.125. The fourth-order valence-corrected chi connectivity index (χ4v) is 2.77. The summed E-state index contributed by atoms with van der Waals surface area (Å²) in [6.07, 6.45) is 7.76. The molecule has 0 saturated heterocycles. The number of carbonyl (C=O) groups is 1. The van der Waals surface area contributed by atoms with Crippen LogP contribution in [0, 0.1) is 5.92 Å². The third-order valence-corrected chi connectivity index (χ3v) is 4.00. The molecule has 0 bridgehead atoms. The molecule has 1 aliphatic carbocycles. The molecule has 0 amide bonds. The predicted molar refractivity (Wildman–Crippen MR) is 76.8 cm³/mol. The van der Waals surface area contributed by atoms with Crippen molar-refractivity contribution in [2.24, 2.45) is 5.92 Å². The van der Waals surface area contributed by atoms with E-state index < -0.39 is 0 Å². The van der Waals surface area contributed by atoms with Gasteiger partial charge >= 0.3 is 0 Å². The number of Topliss-reactive ketones (excluding diaryl/α,β-unsaturated/α-hetero) is 1. The quantitative estimate of drug-likeness (QED) is 0.788. The highest BCUT2D eigenvalue weighted by Gasteiger charge is 2.22. The van der Waals surface area contributed by atoms with E-state index in [9.17, 15) is 4.79 Å². The van der Waals surface area contributed by atoms with E-state index >= 15 is 0 Å². The zero-order valence-corrected chi connectivity index (χ0v) is 11.8. The van der Waals surface area contributed by atoms with Gasteiger partial charge in [0.05, 0.1) is 12.2 Å². The van der Waals surface area contributed by atoms with Crippen LogP contribution in [-0.2, 0) is 11.3 Å². The molecule has 104 valence electrons. The molecule has 1 aromatic rings. The molecule has 2 rings (SSSR count). The van der Waals surface area contributed by atoms with Gasteiger partial charge in [-0.3, -0.25) is 14.7 Å². The highest BCUT2D eigenvalue weighted by atomic mass is 16.1. The number of nitrogens with zero attached hydrogens (tertiary/aromatic N) is 2. The van der Waals surface area contributed by atoms with Crippen molar-refractivity contribution in [3.63, 3.8) is 0 Å². The molecule has 1 aromatic heterocycles. The molecule has 3 heteroatoms. The smallest absolute Gasteiger partial charge is 0.149 e. The van der Waals surface area contributed by atoms with Gasteiger partial charge in [0.25, 0.3) is 0 Å². The Balaban J connectivity index is 1.86. The molecule has 0 aliphatic heterocycles. The number of pyridine rings is 1. The first-order chi connectivity index (χ1) is 9.29. The number of hydrogen-bond donors (Lipinski definition) is 0. The summed E-state index contributed by atoms with van der Waals surface area (Å²) in [4.78, 5) is 18.8. The van der Waals surface area contributed by atoms with E-state index in [1.807, 2.05) is 24.4 Å². The molecule has 1 saturated carbocycles. The first-order valence-corrected chi connectivity index (χ1v) is 7.44. The fraction of sp³-hybridized carbons (Fsp3) is 0.625. The van der Waals surface area contributed by atoms with Crippen LogP contribution in [0.3, 0.4) is 0 Å². The van der Waals surface area contributed by atoms with Crippen molar-refractivity contribution in [1.82, 2.24) is 9.88 Å². The Hall–Kier alpha value is -1.22. The molecule has 0 atom stereocenters. The SMILES string of the molecule is CCN(CC(=O)C1CCCCC1)Cc1ccccn1. The summed E-state index contributed by atoms with van der Waals surface area (Å²) in [6, 6.07) is 5.94. The summed E-state index contributed by atoms with van der Waals surface area (Å²) in [5.74, 6) is 0.740. The summed E-state index contributed by atoms with van der Waals surface area (Å²) >= 11 is 0. The van der Waals surface area contributed by atoms with Crippen LogP contribution in [0.5, 0.6) is 0 Å². The Kier molecular flexibility index (Phi) is 5.52. The van der Waals surface area contributed by atoms with Crippen LogP contribution in [0.2, 0.25) is 0 Å². The lowest BCUT2D eigenvalue weighted by Crippen LogP contribution is -2.33. The molecule has 0 unspecified atom stereocenters. The summed E-state index contributed by atoms with van der Waals surface area (Å²) < 4.78 is 0. The van der Waals surface area contributed by atoms with Crippen molar-refractivity contribution in [2.45, 2.75) is 45.6 Å². The van der Waals surface area contributed by atoms with Gasteiger partial charge in [0, 0.05) is 18.7 Å². The van der Waals surface area contributed by atoms with Gasteiger partial charge in [0.2, 0.25) is 0 Å². The second kappa shape index (κ2) is 7.39. The fourth-order valence-electron chi connectivity index (χ4n) is 2.77. The van der Waals surface area contributed by atoms with Gasteiger partial charge in [-0.15, -0.1) is 0 Å². The van der Waals surface area contributed by atoms with E-state index in [2.05, 4.69) is 16.8 Å². The van der Waals surface area contributed by atoms with Gasteiger partial charge in [-0.2, -0.15) is 0 Å². The summed E-state index contributed by atoms with van der Waals surface area (Å²) in [7, 11) is 0. The molecule has 3 nitrogen and oxygen atoms in total. The normalized spacial score (nSPS) is 16.7. The Morgan fingerprint density at radius 2 is 2.11 bits per heavy atom. The van der Waals surface area contributed by atoms with Crippen molar-refractivity contribution in [3.05, 3.63) is 30.1 Å². The number of ketones is 1. The van der Waals surface area contributed by atoms with Crippen LogP contribution in [0.1, 0.15) is 44.7 Å². The summed E-state index contributed by atoms with van der Waals surface area (Å²) in [5.41, 5.74) is 1.04. The van der Waals surface area contributed by atoms with Crippen molar-refractivity contribution >= 4 is 5.78 Å². The second-order valence-electron chi connectivity index (χ2n) is 5.43. The van der Waals surface area contributed by atoms with E-state index in [1.54, 1.807) is 0 Å². The van der Waals surface area contributed by atoms with Gasteiger partial charge in [-0.1, -0.05) is 32.3 Å². The van der Waals surface area contributed by atoms with Gasteiger partial charge in [-0.05, 0) is 31.5 Å². The number of likely N-dealkylation sites (N-methyl/N-ethyl adjacent to an activating group) is 1. The third-order valence-electron chi connectivity index (χ3n) is 4.00. The van der Waals surface area contributed by atoms with E-state index in [0.29, 0.717) is 18.2 Å². The number of hydrogen-bond acceptors (Lipinski definition) is 3. The third kappa shape index (κ3) is 4.43. The number of rotatable bonds is 6. The maximum atomic E-state index is 12.3. The highest BCUT2D eigenvalue weighted by Crippen LogP contribution is 2.24. The molecule has 19 heavy (non-hydrogen) atoms. The molecule has 1 aliphatic rings. The molecule has 0 spiro atoms. The average molecular weight is 260 g/mol. The van der Waals surface area contributed by atoms with Gasteiger partial charge in [-0.25, -0.2) is 0 Å². The van der Waals surface area contributed by atoms with Crippen LogP contribution in [0.15, 0.2) is 24.4 Å². The summed E-state index contributed by atoms with van der Waals surface area (Å²) in [5, 5.41) is 0. The van der Waals surface area contributed by atoms with Gasteiger partial charge in [0.1, 0.15) is 5.78 Å². The topological polar surface area (TPSA) is 33.2 Å². The average Bonchev–Trinajstić information content (AvgIpc) is 2.48. The minimum atomic E-state index is 0.312. The van der Waals surface area contributed by atoms with Gasteiger partial charge in [0.15, 0.2) is 0 Å². The first-order valence-electron chi connectivity index (χ1n) is 7.44. The second-order valence-corrected chi connectivity index (χ2v) is 5.43. The maximum Gasteiger partial charge on any atom is 0.149 e. The number of carbonyl (C=O) groups excluding carboxylic acids is 1. The van der Waals surface area contributed by atoms with Crippen LogP contribution >= 0.6 is 0 Å². The van der Waals surface area contributed by atoms with Crippen LogP contribution in [0.25, 0.3) is 0 Å². The molecular formula is C16H24N2O. The molecule has 0 radical (unpaired) electrons.